The predicted molar refractivity (Wildman–Crippen MR) is 104 cm³/mol. The number of carbonyl (C=O) groups excluding carboxylic acids is 1. The monoisotopic (exact) mass is 375 g/mol. The van der Waals surface area contributed by atoms with E-state index in [1.807, 2.05) is 18.4 Å². The Kier molecular flexibility index (Phi) is 6.71. The van der Waals surface area contributed by atoms with Crippen LogP contribution in [0.4, 0.5) is 5.69 Å². The topological polar surface area (TPSA) is 81.6 Å². The van der Waals surface area contributed by atoms with Crippen molar-refractivity contribution in [3.8, 4) is 0 Å². The van der Waals surface area contributed by atoms with Crippen molar-refractivity contribution in [3.05, 3.63) is 47.7 Å². The molecule has 0 unspecified atom stereocenters. The van der Waals surface area contributed by atoms with Gasteiger partial charge in [0.15, 0.2) is 5.78 Å². The Balaban J connectivity index is 1.58. The zero-order chi connectivity index (χ0) is 18.4. The number of nitrogens with two attached hydrogens (primary N) is 1. The predicted octanol–water partition coefficient (Wildman–Crippen LogP) is 2.69. The number of aromatic nitrogens is 1. The van der Waals surface area contributed by atoms with Crippen LogP contribution in [-0.4, -0.2) is 49.1 Å². The lowest BCUT2D eigenvalue weighted by Crippen LogP contribution is -2.36. The first-order valence-corrected chi connectivity index (χ1v) is 10.2. The Morgan fingerprint density at radius 1 is 1.31 bits per heavy atom. The summed E-state index contributed by atoms with van der Waals surface area (Å²) in [5, 5.41) is 0. The molecule has 3 rings (SSSR count). The van der Waals surface area contributed by atoms with Crippen molar-refractivity contribution in [2.24, 2.45) is 5.73 Å². The van der Waals surface area contributed by atoms with E-state index >= 15 is 0 Å². The number of oxazole rings is 1. The number of Topliss-reactive ketones (excluding diaryl/α,β-unsaturated/α-hetero) is 1. The normalized spacial score (nSPS) is 15.8. The van der Waals surface area contributed by atoms with Crippen molar-refractivity contribution in [2.75, 3.05) is 43.2 Å². The third kappa shape index (κ3) is 4.87. The SMILES string of the molecule is CSCC[C@H](N)c1nc(C(=O)Cc2ccc(N3CCOCC3)cc2)co1. The molecule has 0 aliphatic carbocycles. The third-order valence-electron chi connectivity index (χ3n) is 4.44. The highest BCUT2D eigenvalue weighted by atomic mass is 32.2. The van der Waals surface area contributed by atoms with E-state index < -0.39 is 0 Å². The molecule has 2 heterocycles. The first-order chi connectivity index (χ1) is 12.7. The fourth-order valence-corrected chi connectivity index (χ4v) is 3.37. The molecule has 7 heteroatoms. The Morgan fingerprint density at radius 3 is 2.73 bits per heavy atom. The van der Waals surface area contributed by atoms with Crippen LogP contribution in [0.3, 0.4) is 0 Å². The van der Waals surface area contributed by atoms with Gasteiger partial charge in [-0.3, -0.25) is 4.79 Å². The number of rotatable bonds is 8. The van der Waals surface area contributed by atoms with E-state index in [0.29, 0.717) is 18.0 Å². The van der Waals surface area contributed by atoms with Gasteiger partial charge in [0.25, 0.3) is 0 Å². The number of anilines is 1. The Hall–Kier alpha value is -1.83. The summed E-state index contributed by atoms with van der Waals surface area (Å²) in [4.78, 5) is 19.0. The second kappa shape index (κ2) is 9.21. The van der Waals surface area contributed by atoms with Crippen molar-refractivity contribution in [3.63, 3.8) is 0 Å². The highest BCUT2D eigenvalue weighted by Gasteiger charge is 2.17. The van der Waals surface area contributed by atoms with Crippen LogP contribution < -0.4 is 10.6 Å². The van der Waals surface area contributed by atoms with Gasteiger partial charge in [-0.15, -0.1) is 0 Å². The molecule has 0 amide bonds. The molecule has 2 aromatic rings. The number of benzene rings is 1. The highest BCUT2D eigenvalue weighted by molar-refractivity contribution is 7.98. The molecule has 6 nitrogen and oxygen atoms in total. The van der Waals surface area contributed by atoms with Gasteiger partial charge in [0.05, 0.1) is 19.3 Å². The van der Waals surface area contributed by atoms with Gasteiger partial charge in [0, 0.05) is 25.2 Å². The molecular formula is C19H25N3O3S. The second-order valence-electron chi connectivity index (χ2n) is 6.32. The molecule has 0 radical (unpaired) electrons. The van der Waals surface area contributed by atoms with Crippen molar-refractivity contribution in [1.82, 2.24) is 4.98 Å². The lowest BCUT2D eigenvalue weighted by molar-refractivity contribution is 0.0988. The summed E-state index contributed by atoms with van der Waals surface area (Å²) in [6.45, 7) is 3.31. The van der Waals surface area contributed by atoms with Crippen LogP contribution in [0.15, 0.2) is 34.9 Å². The van der Waals surface area contributed by atoms with E-state index in [1.165, 1.54) is 6.26 Å². The summed E-state index contributed by atoms with van der Waals surface area (Å²) in [6.07, 6.45) is 4.52. The Labute approximate surface area is 158 Å². The number of thioether (sulfide) groups is 1. The lowest BCUT2D eigenvalue weighted by Gasteiger charge is -2.28. The second-order valence-corrected chi connectivity index (χ2v) is 7.31. The van der Waals surface area contributed by atoms with Gasteiger partial charge in [0.2, 0.25) is 5.89 Å². The average molecular weight is 375 g/mol. The maximum Gasteiger partial charge on any atom is 0.211 e. The van der Waals surface area contributed by atoms with Crippen molar-refractivity contribution in [2.45, 2.75) is 18.9 Å². The molecule has 2 N–H and O–H groups in total. The summed E-state index contributed by atoms with van der Waals surface area (Å²) >= 11 is 1.72. The quantitative estimate of drug-likeness (QED) is 0.710. The molecule has 1 fully saturated rings. The molecule has 140 valence electrons. The Morgan fingerprint density at radius 2 is 2.04 bits per heavy atom. The molecule has 0 saturated carbocycles. The van der Waals surface area contributed by atoms with Crippen LogP contribution >= 0.6 is 11.8 Å². The minimum Gasteiger partial charge on any atom is -0.446 e. The number of hydrogen-bond donors (Lipinski definition) is 1. The molecule has 1 atom stereocenters. The van der Waals surface area contributed by atoms with Crippen LogP contribution in [0, 0.1) is 0 Å². The smallest absolute Gasteiger partial charge is 0.211 e. The zero-order valence-electron chi connectivity index (χ0n) is 15.0. The first kappa shape index (κ1) is 18.9. The average Bonchev–Trinajstić information content (AvgIpc) is 3.18. The summed E-state index contributed by atoms with van der Waals surface area (Å²) in [5.74, 6) is 1.31. The summed E-state index contributed by atoms with van der Waals surface area (Å²) in [5.41, 5.74) is 8.51. The minimum absolute atomic E-state index is 0.0591. The number of ether oxygens (including phenoxy) is 1. The number of carbonyl (C=O) groups is 1. The maximum atomic E-state index is 12.5. The van der Waals surface area contributed by atoms with Crippen LogP contribution in [0.2, 0.25) is 0 Å². The van der Waals surface area contributed by atoms with Crippen LogP contribution in [0.25, 0.3) is 0 Å². The van der Waals surface area contributed by atoms with E-state index in [2.05, 4.69) is 22.0 Å². The van der Waals surface area contributed by atoms with E-state index in [0.717, 1.165) is 49.7 Å². The van der Waals surface area contributed by atoms with Gasteiger partial charge < -0.3 is 19.8 Å². The van der Waals surface area contributed by atoms with Crippen LogP contribution in [0.1, 0.15) is 34.4 Å². The van der Waals surface area contributed by atoms with Crippen molar-refractivity contribution >= 4 is 23.2 Å². The van der Waals surface area contributed by atoms with Crippen LogP contribution in [-0.2, 0) is 11.2 Å². The van der Waals surface area contributed by atoms with E-state index in [-0.39, 0.29) is 11.8 Å². The van der Waals surface area contributed by atoms with Gasteiger partial charge in [-0.05, 0) is 36.1 Å². The number of ketones is 1. The number of hydrogen-bond acceptors (Lipinski definition) is 7. The third-order valence-corrected chi connectivity index (χ3v) is 5.08. The van der Waals surface area contributed by atoms with E-state index in [9.17, 15) is 4.79 Å². The summed E-state index contributed by atoms with van der Waals surface area (Å²) in [7, 11) is 0. The first-order valence-electron chi connectivity index (χ1n) is 8.82. The molecule has 0 bridgehead atoms. The zero-order valence-corrected chi connectivity index (χ0v) is 15.8. The number of nitrogens with zero attached hydrogens (tertiary/aromatic N) is 2. The minimum atomic E-state index is -0.267. The molecule has 1 aromatic heterocycles. The Bertz CT molecular complexity index is 711. The molecule has 0 spiro atoms. The molecule has 26 heavy (non-hydrogen) atoms. The summed E-state index contributed by atoms with van der Waals surface area (Å²) < 4.78 is 10.8. The van der Waals surface area contributed by atoms with Gasteiger partial charge in [-0.1, -0.05) is 12.1 Å². The summed E-state index contributed by atoms with van der Waals surface area (Å²) in [6, 6.07) is 7.83. The fourth-order valence-electron chi connectivity index (χ4n) is 2.88. The molecule has 1 aliphatic heterocycles. The van der Waals surface area contributed by atoms with Crippen molar-refractivity contribution < 1.29 is 13.9 Å². The van der Waals surface area contributed by atoms with Gasteiger partial charge in [-0.2, -0.15) is 11.8 Å². The maximum absolute atomic E-state index is 12.5. The molecular weight excluding hydrogens is 350 g/mol. The molecule has 1 aliphatic rings. The standard InChI is InChI=1S/C19H25N3O3S/c1-26-11-6-16(20)19-21-17(13-25-19)18(23)12-14-2-4-15(5-3-14)22-7-9-24-10-8-22/h2-5,13,16H,6-12,20H2,1H3/t16-/m0/s1. The lowest BCUT2D eigenvalue weighted by atomic mass is 10.1. The molecule has 1 aromatic carbocycles. The van der Waals surface area contributed by atoms with Gasteiger partial charge >= 0.3 is 0 Å². The molecule has 1 saturated heterocycles. The fraction of sp³-hybridized carbons (Fsp3) is 0.474. The van der Waals surface area contributed by atoms with Gasteiger partial charge in [-0.25, -0.2) is 4.98 Å². The van der Waals surface area contributed by atoms with E-state index in [4.69, 9.17) is 14.9 Å². The van der Waals surface area contributed by atoms with Crippen molar-refractivity contribution in [1.29, 1.82) is 0 Å². The van der Waals surface area contributed by atoms with Crippen LogP contribution in [0.5, 0.6) is 0 Å². The van der Waals surface area contributed by atoms with Gasteiger partial charge in [0.1, 0.15) is 12.0 Å². The van der Waals surface area contributed by atoms with E-state index in [1.54, 1.807) is 11.8 Å². The number of morpholine rings is 1. The highest BCUT2D eigenvalue weighted by Crippen LogP contribution is 2.19. The largest absolute Gasteiger partial charge is 0.446 e.